The topological polar surface area (TPSA) is 138 Å². The van der Waals surface area contributed by atoms with Gasteiger partial charge in [0, 0.05) is 12.2 Å². The van der Waals surface area contributed by atoms with Gasteiger partial charge in [0.15, 0.2) is 0 Å². The summed E-state index contributed by atoms with van der Waals surface area (Å²) in [5.41, 5.74) is 3.83. The fraction of sp³-hybridized carbons (Fsp3) is 0.444. The number of hydrogen-bond acceptors (Lipinski definition) is 4. The average Bonchev–Trinajstić information content (AvgIpc) is 1.96. The molecule has 0 aromatic rings. The van der Waals surface area contributed by atoms with Crippen LogP contribution in [0.4, 0.5) is 0 Å². The van der Waals surface area contributed by atoms with Gasteiger partial charge in [-0.2, -0.15) is 0 Å². The summed E-state index contributed by atoms with van der Waals surface area (Å²) in [7, 11) is 0. The van der Waals surface area contributed by atoms with Gasteiger partial charge in [-0.15, -0.1) is 0 Å². The van der Waals surface area contributed by atoms with Crippen LogP contribution in [-0.2, 0) is 14.4 Å². The van der Waals surface area contributed by atoms with Gasteiger partial charge in [-0.05, 0) is 13.8 Å². The van der Waals surface area contributed by atoms with Gasteiger partial charge in [0.05, 0.1) is 12.0 Å². The maximum atomic E-state index is 10.1. The van der Waals surface area contributed by atoms with Gasteiger partial charge >= 0.3 is 11.9 Å². The number of primary amides is 1. The van der Waals surface area contributed by atoms with E-state index < -0.39 is 23.4 Å². The van der Waals surface area contributed by atoms with E-state index in [9.17, 15) is 14.4 Å². The SMILES string of the molecule is CC(C)(O)CC(N)=O.O=C(O)/C=C/C(=O)O. The predicted octanol–water partition coefficient (Wildman–Crippen LogP) is -0.655. The Morgan fingerprint density at radius 3 is 1.50 bits per heavy atom. The molecule has 0 spiro atoms. The number of aliphatic hydroxyl groups is 1. The highest BCUT2D eigenvalue weighted by Gasteiger charge is 2.14. The summed E-state index contributed by atoms with van der Waals surface area (Å²) >= 11 is 0. The molecule has 0 saturated heterocycles. The smallest absolute Gasteiger partial charge is 0.328 e. The fourth-order valence-electron chi connectivity index (χ4n) is 0.569. The normalized spacial score (nSPS) is 10.4. The molecular formula is C9H15NO6. The minimum absolute atomic E-state index is 0.0208. The highest BCUT2D eigenvalue weighted by atomic mass is 16.4. The van der Waals surface area contributed by atoms with Crippen molar-refractivity contribution in [2.75, 3.05) is 0 Å². The van der Waals surface area contributed by atoms with Crippen LogP contribution in [0.5, 0.6) is 0 Å². The van der Waals surface area contributed by atoms with Crippen molar-refractivity contribution < 1.29 is 29.7 Å². The maximum absolute atomic E-state index is 10.1. The number of carboxylic acid groups (broad SMARTS) is 2. The number of rotatable bonds is 4. The molecule has 0 aromatic carbocycles. The third kappa shape index (κ3) is 22.7. The lowest BCUT2D eigenvalue weighted by atomic mass is 10.1. The van der Waals surface area contributed by atoms with Crippen molar-refractivity contribution in [3.63, 3.8) is 0 Å². The molecule has 0 saturated carbocycles. The van der Waals surface area contributed by atoms with Crippen molar-refractivity contribution in [2.45, 2.75) is 25.9 Å². The minimum atomic E-state index is -1.26. The van der Waals surface area contributed by atoms with Gasteiger partial charge in [0.2, 0.25) is 5.91 Å². The van der Waals surface area contributed by atoms with Crippen LogP contribution in [0.3, 0.4) is 0 Å². The van der Waals surface area contributed by atoms with Crippen LogP contribution < -0.4 is 5.73 Å². The van der Waals surface area contributed by atoms with Crippen LogP contribution in [0.15, 0.2) is 12.2 Å². The second-order valence-electron chi connectivity index (χ2n) is 3.47. The molecule has 0 aliphatic rings. The number of amides is 1. The molecule has 1 amide bonds. The van der Waals surface area contributed by atoms with Crippen LogP contribution in [0, 0.1) is 0 Å². The van der Waals surface area contributed by atoms with Gasteiger partial charge in [-0.25, -0.2) is 9.59 Å². The van der Waals surface area contributed by atoms with E-state index in [1.165, 1.54) is 13.8 Å². The lowest BCUT2D eigenvalue weighted by molar-refractivity contribution is -0.134. The van der Waals surface area contributed by atoms with E-state index >= 15 is 0 Å². The molecule has 0 atom stereocenters. The van der Waals surface area contributed by atoms with Crippen LogP contribution >= 0.6 is 0 Å². The van der Waals surface area contributed by atoms with Crippen molar-refractivity contribution in [1.29, 1.82) is 0 Å². The first-order valence-electron chi connectivity index (χ1n) is 4.19. The summed E-state index contributed by atoms with van der Waals surface area (Å²) in [4.78, 5) is 29.2. The molecule has 0 aromatic heterocycles. The zero-order valence-electron chi connectivity index (χ0n) is 9.01. The van der Waals surface area contributed by atoms with Crippen LogP contribution in [0.1, 0.15) is 20.3 Å². The van der Waals surface area contributed by atoms with Crippen molar-refractivity contribution in [2.24, 2.45) is 5.73 Å². The molecule has 0 fully saturated rings. The highest BCUT2D eigenvalue weighted by Crippen LogP contribution is 2.04. The number of nitrogens with two attached hydrogens (primary N) is 1. The predicted molar refractivity (Wildman–Crippen MR) is 54.5 cm³/mol. The summed E-state index contributed by atoms with van der Waals surface area (Å²) in [5, 5.41) is 24.5. The molecule has 0 heterocycles. The fourth-order valence-corrected chi connectivity index (χ4v) is 0.569. The van der Waals surface area contributed by atoms with E-state index in [1.54, 1.807) is 0 Å². The molecule has 0 rings (SSSR count). The third-order valence-electron chi connectivity index (χ3n) is 0.975. The summed E-state index contributed by atoms with van der Waals surface area (Å²) in [5.74, 6) is -2.99. The van der Waals surface area contributed by atoms with E-state index in [0.717, 1.165) is 0 Å². The summed E-state index contributed by atoms with van der Waals surface area (Å²) in [6, 6.07) is 0. The molecule has 0 aliphatic heterocycles. The van der Waals surface area contributed by atoms with Gasteiger partial charge in [0.1, 0.15) is 0 Å². The number of carboxylic acids is 2. The summed E-state index contributed by atoms with van der Waals surface area (Å²) in [6.07, 6.45) is 1.14. The molecule has 16 heavy (non-hydrogen) atoms. The summed E-state index contributed by atoms with van der Waals surface area (Å²) in [6.45, 7) is 3.08. The zero-order valence-corrected chi connectivity index (χ0v) is 9.01. The van der Waals surface area contributed by atoms with Crippen LogP contribution in [0.25, 0.3) is 0 Å². The Morgan fingerprint density at radius 1 is 1.12 bits per heavy atom. The maximum Gasteiger partial charge on any atom is 0.328 e. The average molecular weight is 233 g/mol. The first-order chi connectivity index (χ1) is 7.04. The van der Waals surface area contributed by atoms with Crippen molar-refractivity contribution in [1.82, 2.24) is 0 Å². The van der Waals surface area contributed by atoms with E-state index in [4.69, 9.17) is 21.1 Å². The third-order valence-corrected chi connectivity index (χ3v) is 0.975. The van der Waals surface area contributed by atoms with E-state index in [2.05, 4.69) is 0 Å². The summed E-state index contributed by atoms with van der Waals surface area (Å²) < 4.78 is 0. The minimum Gasteiger partial charge on any atom is -0.478 e. The van der Waals surface area contributed by atoms with Crippen LogP contribution in [0.2, 0.25) is 0 Å². The zero-order chi connectivity index (χ0) is 13.4. The molecule has 5 N–H and O–H groups in total. The number of carbonyl (C=O) groups excluding carboxylic acids is 1. The van der Waals surface area contributed by atoms with Gasteiger partial charge < -0.3 is 21.1 Å². The van der Waals surface area contributed by atoms with Crippen LogP contribution in [-0.4, -0.2) is 38.8 Å². The van der Waals surface area contributed by atoms with Gasteiger partial charge in [-0.1, -0.05) is 0 Å². The van der Waals surface area contributed by atoms with Gasteiger partial charge in [0.25, 0.3) is 0 Å². The van der Waals surface area contributed by atoms with E-state index in [0.29, 0.717) is 12.2 Å². The molecule has 0 radical (unpaired) electrons. The molecule has 7 nitrogen and oxygen atoms in total. The second kappa shape index (κ2) is 7.41. The Kier molecular flexibility index (Phi) is 7.66. The standard InChI is InChI=1S/C5H11NO2.C4H4O4/c1-5(2,8)3-4(6)7;5-3(6)1-2-4(7)8/h8H,3H2,1-2H3,(H2,6,7);1-2H,(H,5,6)(H,7,8)/b;2-1+. The second-order valence-corrected chi connectivity index (χ2v) is 3.47. The lowest BCUT2D eigenvalue weighted by Crippen LogP contribution is -2.27. The number of hydrogen-bond donors (Lipinski definition) is 4. The molecule has 92 valence electrons. The largest absolute Gasteiger partial charge is 0.478 e. The molecule has 0 aliphatic carbocycles. The van der Waals surface area contributed by atoms with E-state index in [-0.39, 0.29) is 6.42 Å². The molecule has 0 unspecified atom stereocenters. The molecular weight excluding hydrogens is 218 g/mol. The molecule has 7 heteroatoms. The Hall–Kier alpha value is -1.89. The lowest BCUT2D eigenvalue weighted by Gasteiger charge is -2.12. The van der Waals surface area contributed by atoms with Crippen molar-refractivity contribution in [3.05, 3.63) is 12.2 Å². The van der Waals surface area contributed by atoms with E-state index in [1.807, 2.05) is 0 Å². The quantitative estimate of drug-likeness (QED) is 0.476. The van der Waals surface area contributed by atoms with Crippen molar-refractivity contribution >= 4 is 17.8 Å². The monoisotopic (exact) mass is 233 g/mol. The van der Waals surface area contributed by atoms with Gasteiger partial charge in [-0.3, -0.25) is 4.79 Å². The number of aliphatic carboxylic acids is 2. The van der Waals surface area contributed by atoms with Crippen molar-refractivity contribution in [3.8, 4) is 0 Å². The Labute approximate surface area is 92.2 Å². The molecule has 0 bridgehead atoms. The Morgan fingerprint density at radius 2 is 1.44 bits per heavy atom. The highest BCUT2D eigenvalue weighted by molar-refractivity contribution is 5.89. The number of carbonyl (C=O) groups is 3. The first kappa shape index (κ1) is 16.5. The Bertz CT molecular complexity index is 273. The first-order valence-corrected chi connectivity index (χ1v) is 4.19. The Balaban J connectivity index is 0.